The Morgan fingerprint density at radius 2 is 1.80 bits per heavy atom. The van der Waals surface area contributed by atoms with E-state index >= 15 is 0 Å². The summed E-state index contributed by atoms with van der Waals surface area (Å²) in [5, 5.41) is 3.10. The van der Waals surface area contributed by atoms with Gasteiger partial charge in [0.25, 0.3) is 0 Å². The zero-order chi connectivity index (χ0) is 14.4. The molecule has 1 N–H and O–H groups in total. The first-order valence-electron chi connectivity index (χ1n) is 6.90. The van der Waals surface area contributed by atoms with Crippen molar-refractivity contribution in [2.45, 2.75) is 26.4 Å². The summed E-state index contributed by atoms with van der Waals surface area (Å²) in [6.45, 7) is 4.67. The van der Waals surface area contributed by atoms with E-state index in [-0.39, 0.29) is 11.9 Å². The van der Waals surface area contributed by atoms with Gasteiger partial charge in [-0.1, -0.05) is 36.8 Å². The molecule has 106 valence electrons. The van der Waals surface area contributed by atoms with Crippen LogP contribution in [0.15, 0.2) is 48.5 Å². The van der Waals surface area contributed by atoms with Gasteiger partial charge in [-0.15, -0.1) is 0 Å². The normalized spacial score (nSPS) is 11.9. The van der Waals surface area contributed by atoms with Crippen LogP contribution in [0.25, 0.3) is 0 Å². The molecule has 0 heterocycles. The summed E-state index contributed by atoms with van der Waals surface area (Å²) < 4.78 is 19.4. The van der Waals surface area contributed by atoms with Gasteiger partial charge < -0.3 is 10.1 Å². The van der Waals surface area contributed by atoms with E-state index in [9.17, 15) is 4.39 Å². The van der Waals surface area contributed by atoms with E-state index in [0.29, 0.717) is 12.2 Å². The molecule has 0 spiro atoms. The number of rotatable bonds is 6. The molecule has 0 aliphatic rings. The van der Waals surface area contributed by atoms with Gasteiger partial charge in [0.05, 0.1) is 12.2 Å². The molecule has 0 aliphatic carbocycles. The molecule has 2 aromatic carbocycles. The lowest BCUT2D eigenvalue weighted by molar-refractivity contribution is 0.210. The summed E-state index contributed by atoms with van der Waals surface area (Å²) in [6, 6.07) is 14.6. The zero-order valence-electron chi connectivity index (χ0n) is 11.9. The summed E-state index contributed by atoms with van der Waals surface area (Å²) in [4.78, 5) is 0. The Kier molecular flexibility index (Phi) is 4.99. The van der Waals surface area contributed by atoms with Gasteiger partial charge in [-0.05, 0) is 37.6 Å². The van der Waals surface area contributed by atoms with Gasteiger partial charge in [-0.25, -0.2) is 4.39 Å². The molecule has 0 saturated carbocycles. The van der Waals surface area contributed by atoms with Crippen LogP contribution < -0.4 is 10.1 Å². The van der Waals surface area contributed by atoms with Crippen molar-refractivity contribution in [1.29, 1.82) is 0 Å². The summed E-state index contributed by atoms with van der Waals surface area (Å²) >= 11 is 0. The SMILES string of the molecule is CCC(CNc1ccccc1F)Oc1ccc(C)cc1. The lowest BCUT2D eigenvalue weighted by Gasteiger charge is -2.19. The Morgan fingerprint density at radius 3 is 2.45 bits per heavy atom. The number of aryl methyl sites for hydroxylation is 1. The van der Waals surface area contributed by atoms with Gasteiger partial charge in [0.15, 0.2) is 0 Å². The number of benzene rings is 2. The largest absolute Gasteiger partial charge is 0.489 e. The molecule has 2 aromatic rings. The van der Waals surface area contributed by atoms with Crippen LogP contribution in [0.5, 0.6) is 5.75 Å². The molecule has 0 aliphatic heterocycles. The van der Waals surface area contributed by atoms with Crippen molar-refractivity contribution >= 4 is 5.69 Å². The topological polar surface area (TPSA) is 21.3 Å². The maximum atomic E-state index is 13.5. The quantitative estimate of drug-likeness (QED) is 0.842. The Morgan fingerprint density at radius 1 is 1.10 bits per heavy atom. The van der Waals surface area contributed by atoms with Crippen molar-refractivity contribution in [1.82, 2.24) is 0 Å². The first kappa shape index (κ1) is 14.4. The minimum Gasteiger partial charge on any atom is -0.489 e. The van der Waals surface area contributed by atoms with Crippen LogP contribution in [-0.4, -0.2) is 12.6 Å². The first-order chi connectivity index (χ1) is 9.69. The van der Waals surface area contributed by atoms with E-state index in [1.165, 1.54) is 11.6 Å². The van der Waals surface area contributed by atoms with Crippen LogP contribution in [-0.2, 0) is 0 Å². The molecule has 0 fully saturated rings. The number of para-hydroxylation sites is 1. The third-order valence-electron chi connectivity index (χ3n) is 3.17. The lowest BCUT2D eigenvalue weighted by Crippen LogP contribution is -2.25. The summed E-state index contributed by atoms with van der Waals surface area (Å²) in [7, 11) is 0. The highest BCUT2D eigenvalue weighted by Gasteiger charge is 2.09. The highest BCUT2D eigenvalue weighted by Crippen LogP contribution is 2.16. The van der Waals surface area contributed by atoms with E-state index < -0.39 is 0 Å². The molecular formula is C17H20FNO. The number of ether oxygens (including phenoxy) is 1. The second kappa shape index (κ2) is 6.94. The maximum absolute atomic E-state index is 13.5. The van der Waals surface area contributed by atoms with Crippen LogP contribution in [0, 0.1) is 12.7 Å². The standard InChI is InChI=1S/C17H20FNO/c1-3-14(20-15-10-8-13(2)9-11-15)12-19-17-7-5-4-6-16(17)18/h4-11,14,19H,3,12H2,1-2H3. The Hall–Kier alpha value is -2.03. The fraction of sp³-hybridized carbons (Fsp3) is 0.294. The van der Waals surface area contributed by atoms with Gasteiger partial charge in [0.2, 0.25) is 0 Å². The summed E-state index contributed by atoms with van der Waals surface area (Å²) in [5.41, 5.74) is 1.72. The average molecular weight is 273 g/mol. The Bertz CT molecular complexity index is 539. The van der Waals surface area contributed by atoms with Crippen molar-refractivity contribution in [3.63, 3.8) is 0 Å². The van der Waals surface area contributed by atoms with Crippen LogP contribution in [0.2, 0.25) is 0 Å². The third-order valence-corrected chi connectivity index (χ3v) is 3.17. The second-order valence-electron chi connectivity index (χ2n) is 4.82. The number of hydrogen-bond acceptors (Lipinski definition) is 2. The van der Waals surface area contributed by atoms with E-state index in [0.717, 1.165) is 12.2 Å². The predicted octanol–water partition coefficient (Wildman–Crippen LogP) is 4.40. The fourth-order valence-electron chi connectivity index (χ4n) is 1.91. The monoisotopic (exact) mass is 273 g/mol. The molecule has 20 heavy (non-hydrogen) atoms. The van der Waals surface area contributed by atoms with E-state index in [1.54, 1.807) is 12.1 Å². The van der Waals surface area contributed by atoms with Crippen molar-refractivity contribution < 1.29 is 9.13 Å². The molecule has 0 radical (unpaired) electrons. The minimum absolute atomic E-state index is 0.0114. The molecular weight excluding hydrogens is 253 g/mol. The molecule has 1 atom stereocenters. The van der Waals surface area contributed by atoms with Gasteiger partial charge >= 0.3 is 0 Å². The number of halogens is 1. The molecule has 0 aromatic heterocycles. The highest BCUT2D eigenvalue weighted by molar-refractivity contribution is 5.44. The second-order valence-corrected chi connectivity index (χ2v) is 4.82. The average Bonchev–Trinajstić information content (AvgIpc) is 2.47. The molecule has 2 nitrogen and oxygen atoms in total. The number of anilines is 1. The zero-order valence-corrected chi connectivity index (χ0v) is 11.9. The first-order valence-corrected chi connectivity index (χ1v) is 6.90. The minimum atomic E-state index is -0.238. The van der Waals surface area contributed by atoms with Gasteiger partial charge in [0.1, 0.15) is 17.7 Å². The lowest BCUT2D eigenvalue weighted by atomic mass is 10.2. The molecule has 3 heteroatoms. The smallest absolute Gasteiger partial charge is 0.146 e. The summed E-state index contributed by atoms with van der Waals surface area (Å²) in [5.74, 6) is 0.607. The molecule has 0 amide bonds. The number of hydrogen-bond donors (Lipinski definition) is 1. The Labute approximate surface area is 119 Å². The van der Waals surface area contributed by atoms with Crippen LogP contribution in [0.1, 0.15) is 18.9 Å². The van der Waals surface area contributed by atoms with Crippen molar-refractivity contribution in [3.05, 3.63) is 59.9 Å². The van der Waals surface area contributed by atoms with Crippen LogP contribution >= 0.6 is 0 Å². The molecule has 2 rings (SSSR count). The predicted molar refractivity (Wildman–Crippen MR) is 80.8 cm³/mol. The van der Waals surface area contributed by atoms with E-state index in [2.05, 4.69) is 12.2 Å². The highest BCUT2D eigenvalue weighted by atomic mass is 19.1. The van der Waals surface area contributed by atoms with Crippen molar-refractivity contribution in [2.24, 2.45) is 0 Å². The van der Waals surface area contributed by atoms with Crippen molar-refractivity contribution in [2.75, 3.05) is 11.9 Å². The maximum Gasteiger partial charge on any atom is 0.146 e. The van der Waals surface area contributed by atoms with E-state index in [4.69, 9.17) is 4.74 Å². The van der Waals surface area contributed by atoms with Gasteiger partial charge in [-0.2, -0.15) is 0 Å². The fourth-order valence-corrected chi connectivity index (χ4v) is 1.91. The van der Waals surface area contributed by atoms with E-state index in [1.807, 2.05) is 37.3 Å². The molecule has 0 saturated heterocycles. The number of nitrogens with one attached hydrogen (secondary N) is 1. The van der Waals surface area contributed by atoms with Crippen LogP contribution in [0.3, 0.4) is 0 Å². The van der Waals surface area contributed by atoms with Gasteiger partial charge in [0, 0.05) is 0 Å². The summed E-state index contributed by atoms with van der Waals surface area (Å²) in [6.07, 6.45) is 0.868. The van der Waals surface area contributed by atoms with Crippen molar-refractivity contribution in [3.8, 4) is 5.75 Å². The molecule has 1 unspecified atom stereocenters. The van der Waals surface area contributed by atoms with Crippen LogP contribution in [0.4, 0.5) is 10.1 Å². The van der Waals surface area contributed by atoms with Gasteiger partial charge in [-0.3, -0.25) is 0 Å². The third kappa shape index (κ3) is 3.98. The molecule has 0 bridgehead atoms. The Balaban J connectivity index is 1.92.